The van der Waals surface area contributed by atoms with Crippen molar-refractivity contribution in [2.45, 2.75) is 9.79 Å². The molecule has 7 heteroatoms. The summed E-state index contributed by atoms with van der Waals surface area (Å²) in [5.74, 6) is 0. The van der Waals surface area contributed by atoms with Crippen molar-refractivity contribution in [2.24, 2.45) is 0 Å². The molecule has 0 aromatic heterocycles. The number of rotatable bonds is 2. The zero-order valence-electron chi connectivity index (χ0n) is 6.20. The number of halogens is 2. The molecular weight excluding hydrogens is 253 g/mol. The van der Waals surface area contributed by atoms with Crippen LogP contribution in [0.2, 0.25) is 0 Å². The van der Waals surface area contributed by atoms with Gasteiger partial charge in [-0.15, -0.1) is 0 Å². The average molecular weight is 258 g/mol. The van der Waals surface area contributed by atoms with Crippen molar-refractivity contribution in [2.75, 3.05) is 5.73 Å². The summed E-state index contributed by atoms with van der Waals surface area (Å²) in [4.78, 5) is 0.664. The van der Waals surface area contributed by atoms with Crippen molar-refractivity contribution < 1.29 is 8.42 Å². The lowest BCUT2D eigenvalue weighted by molar-refractivity contribution is 0.689. The topological polar surface area (TPSA) is 60.2 Å². The van der Waals surface area contributed by atoms with E-state index in [1.54, 1.807) is 0 Å². The van der Waals surface area contributed by atoms with Crippen molar-refractivity contribution in [1.29, 1.82) is 0 Å². The molecule has 0 radical (unpaired) electrons. The summed E-state index contributed by atoms with van der Waals surface area (Å²) in [7, 11) is 7.37. The third-order valence-corrected chi connectivity index (χ3v) is 3.71. The van der Waals surface area contributed by atoms with Gasteiger partial charge in [-0.3, -0.25) is 0 Å². The van der Waals surface area contributed by atoms with Gasteiger partial charge in [0.1, 0.15) is 20.0 Å². The number of anilines is 1. The Balaban J connectivity index is 3.20. The molecule has 0 heterocycles. The monoisotopic (exact) mass is 257 g/mol. The van der Waals surface area contributed by atoms with Crippen molar-refractivity contribution in [3.05, 3.63) is 18.2 Å². The highest BCUT2D eigenvalue weighted by Crippen LogP contribution is 2.22. The maximum atomic E-state index is 10.8. The third kappa shape index (κ3) is 2.67. The van der Waals surface area contributed by atoms with Crippen LogP contribution in [-0.4, -0.2) is 8.42 Å². The fourth-order valence-electron chi connectivity index (χ4n) is 0.773. The highest BCUT2D eigenvalue weighted by molar-refractivity contribution is 8.08. The van der Waals surface area contributed by atoms with Crippen LogP contribution in [0.4, 0.5) is 5.69 Å². The fraction of sp³-hybridized carbons (Fsp3) is 0. The Hall–Kier alpha value is -0.100. The van der Waals surface area contributed by atoms with Gasteiger partial charge < -0.3 is 5.73 Å². The zero-order valence-corrected chi connectivity index (χ0v) is 9.34. The van der Waals surface area contributed by atoms with Gasteiger partial charge in [0.05, 0.1) is 15.5 Å². The predicted octanol–water partition coefficient (Wildman–Crippen LogP) is 1.79. The van der Waals surface area contributed by atoms with Gasteiger partial charge in [-0.1, -0.05) is 0 Å². The van der Waals surface area contributed by atoms with Gasteiger partial charge >= 0.3 is 0 Å². The second kappa shape index (κ2) is 4.41. The van der Waals surface area contributed by atoms with Gasteiger partial charge in [-0.05, 0) is 39.6 Å². The van der Waals surface area contributed by atoms with E-state index in [0.29, 0.717) is 9.79 Å². The highest BCUT2D eigenvalue weighted by atomic mass is 35.7. The molecule has 2 N–H and O–H groups in total. The van der Waals surface area contributed by atoms with E-state index in [9.17, 15) is 8.42 Å². The van der Waals surface area contributed by atoms with Gasteiger partial charge in [0, 0.05) is 0 Å². The number of hydrogen-bond donors (Lipinski definition) is 1. The summed E-state index contributed by atoms with van der Waals surface area (Å²) >= 11 is 0. The van der Waals surface area contributed by atoms with Gasteiger partial charge in [0.15, 0.2) is 0 Å². The molecule has 1 rings (SSSR count). The van der Waals surface area contributed by atoms with E-state index in [1.807, 2.05) is 0 Å². The van der Waals surface area contributed by atoms with Gasteiger partial charge in [0.2, 0.25) is 0 Å². The minimum atomic E-state index is -1.66. The molecule has 0 saturated heterocycles. The van der Waals surface area contributed by atoms with Crippen LogP contribution >= 0.6 is 21.4 Å². The molecule has 72 valence electrons. The molecule has 2 atom stereocenters. The van der Waals surface area contributed by atoms with E-state index in [2.05, 4.69) is 0 Å². The summed E-state index contributed by atoms with van der Waals surface area (Å²) in [6.45, 7) is 0. The van der Waals surface area contributed by atoms with E-state index >= 15 is 0 Å². The minimum absolute atomic E-state index is 0.222. The maximum Gasteiger partial charge on any atom is 0.149 e. The van der Waals surface area contributed by atoms with Gasteiger partial charge in [0.25, 0.3) is 0 Å². The second-order valence-corrected chi connectivity index (χ2v) is 5.63. The normalized spacial score (nSPS) is 15.2. The third-order valence-electron chi connectivity index (χ3n) is 1.34. The molecule has 2 unspecified atom stereocenters. The molecule has 0 fully saturated rings. The second-order valence-electron chi connectivity index (χ2n) is 2.15. The van der Waals surface area contributed by atoms with Crippen molar-refractivity contribution in [3.63, 3.8) is 0 Å². The Morgan fingerprint density at radius 2 is 1.77 bits per heavy atom. The summed E-state index contributed by atoms with van der Waals surface area (Å²) in [5, 5.41) is 0. The van der Waals surface area contributed by atoms with Gasteiger partial charge in [-0.25, -0.2) is 8.42 Å². The quantitative estimate of drug-likeness (QED) is 0.649. The number of nitrogen functional groups attached to an aromatic ring is 1. The zero-order chi connectivity index (χ0) is 10.0. The Kier molecular flexibility index (Phi) is 3.73. The molecule has 0 spiro atoms. The molecule has 0 bridgehead atoms. The van der Waals surface area contributed by atoms with E-state index in [1.165, 1.54) is 18.2 Å². The van der Waals surface area contributed by atoms with E-state index < -0.39 is 20.0 Å². The van der Waals surface area contributed by atoms with Crippen LogP contribution in [-0.2, 0) is 20.0 Å². The summed E-state index contributed by atoms with van der Waals surface area (Å²) in [6, 6.07) is 4.29. The number of hydrogen-bond acceptors (Lipinski definition) is 3. The van der Waals surface area contributed by atoms with Crippen LogP contribution in [0.15, 0.2) is 28.0 Å². The Bertz CT molecular complexity index is 383. The highest BCUT2D eigenvalue weighted by Gasteiger charge is 2.08. The molecule has 1 aromatic rings. The minimum Gasteiger partial charge on any atom is -0.398 e. The largest absolute Gasteiger partial charge is 0.398 e. The summed E-state index contributed by atoms with van der Waals surface area (Å²) in [5.41, 5.74) is 5.71. The maximum absolute atomic E-state index is 10.8. The van der Waals surface area contributed by atoms with Crippen molar-refractivity contribution in [1.82, 2.24) is 0 Å². The molecule has 3 nitrogen and oxygen atoms in total. The Labute approximate surface area is 89.1 Å². The Morgan fingerprint density at radius 3 is 2.15 bits per heavy atom. The van der Waals surface area contributed by atoms with E-state index in [-0.39, 0.29) is 5.69 Å². The first kappa shape index (κ1) is 11.0. The summed E-state index contributed by atoms with van der Waals surface area (Å²) in [6.07, 6.45) is 0. The smallest absolute Gasteiger partial charge is 0.149 e. The predicted molar refractivity (Wildman–Crippen MR) is 55.4 cm³/mol. The molecule has 0 aliphatic rings. The first-order chi connectivity index (χ1) is 6.02. The van der Waals surface area contributed by atoms with Crippen LogP contribution in [0.25, 0.3) is 0 Å². The average Bonchev–Trinajstić information content (AvgIpc) is 2.03. The first-order valence-corrected chi connectivity index (χ1v) is 7.03. The van der Waals surface area contributed by atoms with Crippen molar-refractivity contribution >= 4 is 47.1 Å². The molecule has 0 saturated carbocycles. The molecule has 13 heavy (non-hydrogen) atoms. The fourth-order valence-corrected chi connectivity index (χ4v) is 2.30. The lowest BCUT2D eigenvalue weighted by atomic mass is 10.3. The number of benzene rings is 1. The van der Waals surface area contributed by atoms with Crippen LogP contribution in [0, 0.1) is 0 Å². The summed E-state index contributed by atoms with van der Waals surface area (Å²) < 4.78 is 21.6. The lowest BCUT2D eigenvalue weighted by Gasteiger charge is -2.01. The molecule has 0 amide bonds. The Morgan fingerprint density at radius 1 is 1.15 bits per heavy atom. The molecule has 0 aliphatic carbocycles. The van der Waals surface area contributed by atoms with Crippen LogP contribution in [0.3, 0.4) is 0 Å². The van der Waals surface area contributed by atoms with Crippen LogP contribution in [0.1, 0.15) is 0 Å². The SMILES string of the molecule is Nc1cc(S(=O)Cl)ccc1S(=O)Cl. The standard InChI is InChI=1S/C6H5Cl2NO2S2/c7-12(10)4-1-2-6(13(8)11)5(9)3-4/h1-3H,9H2. The van der Waals surface area contributed by atoms with Gasteiger partial charge in [-0.2, -0.15) is 0 Å². The van der Waals surface area contributed by atoms with E-state index in [4.69, 9.17) is 27.1 Å². The number of nitrogens with two attached hydrogens (primary N) is 1. The van der Waals surface area contributed by atoms with Crippen LogP contribution in [0.5, 0.6) is 0 Å². The molecular formula is C6H5Cl2NO2S2. The van der Waals surface area contributed by atoms with Crippen molar-refractivity contribution in [3.8, 4) is 0 Å². The lowest BCUT2D eigenvalue weighted by Crippen LogP contribution is -1.94. The molecule has 0 aliphatic heterocycles. The first-order valence-electron chi connectivity index (χ1n) is 3.08. The van der Waals surface area contributed by atoms with E-state index in [0.717, 1.165) is 0 Å². The molecule has 1 aromatic carbocycles. The van der Waals surface area contributed by atoms with Crippen LogP contribution < -0.4 is 5.73 Å².